The van der Waals surface area contributed by atoms with Crippen LogP contribution >= 0.6 is 0 Å². The molecule has 2 amide bonds. The summed E-state index contributed by atoms with van der Waals surface area (Å²) in [5.74, 6) is 1.72. The van der Waals surface area contributed by atoms with Gasteiger partial charge >= 0.3 is 0 Å². The van der Waals surface area contributed by atoms with Crippen molar-refractivity contribution in [1.82, 2.24) is 25.0 Å². The van der Waals surface area contributed by atoms with Crippen LogP contribution in [0.5, 0.6) is 0 Å². The smallest absolute Gasteiger partial charge is 0.221 e. The van der Waals surface area contributed by atoms with Crippen LogP contribution in [-0.2, 0) is 35.5 Å². The molecule has 8 nitrogen and oxygen atoms in total. The summed E-state index contributed by atoms with van der Waals surface area (Å²) < 4.78 is 2.15. The number of rotatable bonds is 8. The van der Waals surface area contributed by atoms with Crippen molar-refractivity contribution >= 4 is 17.5 Å². The molecule has 0 aliphatic carbocycles. The Morgan fingerprint density at radius 1 is 0.971 bits per heavy atom. The molecule has 0 radical (unpaired) electrons. The molecule has 0 saturated carbocycles. The molecule has 2 N–H and O–H groups in total. The summed E-state index contributed by atoms with van der Waals surface area (Å²) in [6.07, 6.45) is 1.98. The topological polar surface area (TPSA) is 92.2 Å². The van der Waals surface area contributed by atoms with Gasteiger partial charge in [0.05, 0.1) is 6.04 Å². The highest BCUT2D eigenvalue weighted by Crippen LogP contribution is 2.18. The molecule has 1 aromatic heterocycles. The van der Waals surface area contributed by atoms with Gasteiger partial charge in [-0.3, -0.25) is 14.5 Å². The average molecular weight is 461 g/mol. The van der Waals surface area contributed by atoms with Gasteiger partial charge in [-0.1, -0.05) is 42.5 Å². The SMILES string of the molecule is CC(=O)Nc1ccc(CN2CCc3nnc(C(C)NC(=O)CCc4ccccc4)n3CC2)cc1. The first-order valence-corrected chi connectivity index (χ1v) is 11.8. The Balaban J connectivity index is 1.31. The van der Waals surface area contributed by atoms with Gasteiger partial charge in [-0.25, -0.2) is 0 Å². The monoisotopic (exact) mass is 460 g/mol. The molecule has 0 fully saturated rings. The summed E-state index contributed by atoms with van der Waals surface area (Å²) in [5.41, 5.74) is 3.17. The third-order valence-electron chi connectivity index (χ3n) is 6.08. The summed E-state index contributed by atoms with van der Waals surface area (Å²) in [5, 5.41) is 14.7. The first-order chi connectivity index (χ1) is 16.5. The van der Waals surface area contributed by atoms with Gasteiger partial charge in [0.2, 0.25) is 11.8 Å². The highest BCUT2D eigenvalue weighted by molar-refractivity contribution is 5.88. The fourth-order valence-corrected chi connectivity index (χ4v) is 4.30. The zero-order valence-electron chi connectivity index (χ0n) is 19.8. The van der Waals surface area contributed by atoms with Crippen LogP contribution in [0.3, 0.4) is 0 Å². The standard InChI is InChI=1S/C26H32N6O2/c1-19(27-25(34)13-10-21-6-4-3-5-7-21)26-30-29-24-14-15-31(16-17-32(24)26)18-22-8-11-23(12-9-22)28-20(2)33/h3-9,11-12,19H,10,13-18H2,1-2H3,(H,27,34)(H,28,33). The van der Waals surface area contributed by atoms with E-state index in [9.17, 15) is 9.59 Å². The lowest BCUT2D eigenvalue weighted by Gasteiger charge is -2.20. The number of fused-ring (bicyclic) bond motifs is 1. The van der Waals surface area contributed by atoms with Crippen molar-refractivity contribution in [3.63, 3.8) is 0 Å². The minimum atomic E-state index is -0.197. The molecular weight excluding hydrogens is 428 g/mol. The second-order valence-electron chi connectivity index (χ2n) is 8.81. The number of carbonyl (C=O) groups excluding carboxylic acids is 2. The minimum absolute atomic E-state index is 0.0201. The van der Waals surface area contributed by atoms with Gasteiger partial charge in [-0.2, -0.15) is 0 Å². The minimum Gasteiger partial charge on any atom is -0.346 e. The number of hydrogen-bond donors (Lipinski definition) is 2. The van der Waals surface area contributed by atoms with Gasteiger partial charge < -0.3 is 15.2 Å². The van der Waals surface area contributed by atoms with E-state index in [1.54, 1.807) is 0 Å². The summed E-state index contributed by atoms with van der Waals surface area (Å²) in [7, 11) is 0. The van der Waals surface area contributed by atoms with Crippen molar-refractivity contribution in [2.24, 2.45) is 0 Å². The number of aryl methyl sites for hydroxylation is 1. The molecule has 4 rings (SSSR count). The van der Waals surface area contributed by atoms with Crippen LogP contribution in [0.1, 0.15) is 49.1 Å². The Bertz CT molecular complexity index is 1110. The molecule has 3 aromatic rings. The maximum Gasteiger partial charge on any atom is 0.221 e. The summed E-state index contributed by atoms with van der Waals surface area (Å²) in [6.45, 7) is 6.86. The molecule has 2 heterocycles. The van der Waals surface area contributed by atoms with E-state index in [1.807, 2.05) is 49.4 Å². The Labute approximate surface area is 200 Å². The molecule has 1 atom stereocenters. The normalized spacial score (nSPS) is 14.6. The third kappa shape index (κ3) is 6.29. The zero-order chi connectivity index (χ0) is 23.9. The largest absolute Gasteiger partial charge is 0.346 e. The quantitative estimate of drug-likeness (QED) is 0.539. The lowest BCUT2D eigenvalue weighted by Crippen LogP contribution is -2.30. The summed E-state index contributed by atoms with van der Waals surface area (Å²) >= 11 is 0. The Morgan fingerprint density at radius 3 is 2.47 bits per heavy atom. The van der Waals surface area contributed by atoms with Crippen LogP contribution in [0.2, 0.25) is 0 Å². The van der Waals surface area contributed by atoms with Gasteiger partial charge in [0.25, 0.3) is 0 Å². The number of anilines is 1. The lowest BCUT2D eigenvalue weighted by atomic mass is 10.1. The first-order valence-electron chi connectivity index (χ1n) is 11.8. The van der Waals surface area contributed by atoms with E-state index in [0.717, 1.165) is 61.9 Å². The van der Waals surface area contributed by atoms with Crippen LogP contribution < -0.4 is 10.6 Å². The highest BCUT2D eigenvalue weighted by atomic mass is 16.2. The maximum atomic E-state index is 12.5. The molecule has 1 unspecified atom stereocenters. The van der Waals surface area contributed by atoms with E-state index in [2.05, 4.69) is 42.4 Å². The van der Waals surface area contributed by atoms with Crippen molar-refractivity contribution in [3.8, 4) is 0 Å². The van der Waals surface area contributed by atoms with Crippen LogP contribution in [0.25, 0.3) is 0 Å². The van der Waals surface area contributed by atoms with Crippen LogP contribution in [-0.4, -0.2) is 44.6 Å². The van der Waals surface area contributed by atoms with E-state index >= 15 is 0 Å². The Hall–Kier alpha value is -3.52. The van der Waals surface area contributed by atoms with Crippen molar-refractivity contribution < 1.29 is 9.59 Å². The summed E-state index contributed by atoms with van der Waals surface area (Å²) in [6, 6.07) is 17.8. The van der Waals surface area contributed by atoms with Gasteiger partial charge in [0.1, 0.15) is 5.82 Å². The fraction of sp³-hybridized carbons (Fsp3) is 0.385. The molecule has 34 heavy (non-hydrogen) atoms. The van der Waals surface area contributed by atoms with E-state index < -0.39 is 0 Å². The molecule has 0 bridgehead atoms. The molecular formula is C26H32N6O2. The third-order valence-corrected chi connectivity index (χ3v) is 6.08. The fourth-order valence-electron chi connectivity index (χ4n) is 4.30. The number of aromatic nitrogens is 3. The van der Waals surface area contributed by atoms with Crippen molar-refractivity contribution in [2.75, 3.05) is 18.4 Å². The molecule has 178 valence electrons. The predicted octanol–water partition coefficient (Wildman–Crippen LogP) is 3.10. The molecule has 0 saturated heterocycles. The zero-order valence-corrected chi connectivity index (χ0v) is 19.8. The van der Waals surface area contributed by atoms with E-state index in [4.69, 9.17) is 0 Å². The molecule has 1 aliphatic heterocycles. The first kappa shape index (κ1) is 23.6. The average Bonchev–Trinajstić information content (AvgIpc) is 3.14. The maximum absolute atomic E-state index is 12.5. The van der Waals surface area contributed by atoms with Gasteiger partial charge in [0, 0.05) is 51.6 Å². The van der Waals surface area contributed by atoms with Crippen LogP contribution in [0.4, 0.5) is 5.69 Å². The number of nitrogens with one attached hydrogen (secondary N) is 2. The van der Waals surface area contributed by atoms with Crippen molar-refractivity contribution in [3.05, 3.63) is 77.4 Å². The highest BCUT2D eigenvalue weighted by Gasteiger charge is 2.22. The lowest BCUT2D eigenvalue weighted by molar-refractivity contribution is -0.121. The number of nitrogens with zero attached hydrogens (tertiary/aromatic N) is 4. The van der Waals surface area contributed by atoms with E-state index in [1.165, 1.54) is 12.5 Å². The number of carbonyl (C=O) groups is 2. The van der Waals surface area contributed by atoms with Gasteiger partial charge in [-0.05, 0) is 36.6 Å². The molecule has 8 heteroatoms. The van der Waals surface area contributed by atoms with Crippen LogP contribution in [0.15, 0.2) is 54.6 Å². The number of benzene rings is 2. The van der Waals surface area contributed by atoms with E-state index in [-0.39, 0.29) is 17.9 Å². The Kier molecular flexibility index (Phi) is 7.69. The van der Waals surface area contributed by atoms with E-state index in [0.29, 0.717) is 6.42 Å². The van der Waals surface area contributed by atoms with Gasteiger partial charge in [-0.15, -0.1) is 10.2 Å². The second-order valence-corrected chi connectivity index (χ2v) is 8.81. The second kappa shape index (κ2) is 11.1. The predicted molar refractivity (Wildman–Crippen MR) is 131 cm³/mol. The van der Waals surface area contributed by atoms with Crippen LogP contribution in [0, 0.1) is 0 Å². The number of amides is 2. The molecule has 0 spiro atoms. The molecule has 1 aliphatic rings. The number of hydrogen-bond acceptors (Lipinski definition) is 5. The van der Waals surface area contributed by atoms with Crippen molar-refractivity contribution in [2.45, 2.75) is 52.2 Å². The summed E-state index contributed by atoms with van der Waals surface area (Å²) in [4.78, 5) is 26.1. The van der Waals surface area contributed by atoms with Gasteiger partial charge in [0.15, 0.2) is 5.82 Å². The Morgan fingerprint density at radius 2 is 1.74 bits per heavy atom. The van der Waals surface area contributed by atoms with Crippen molar-refractivity contribution in [1.29, 1.82) is 0 Å². The molecule has 2 aromatic carbocycles.